The number of rotatable bonds is 4. The van der Waals surface area contributed by atoms with E-state index in [-0.39, 0.29) is 12.6 Å². The number of benzene rings is 1. The molecule has 1 unspecified atom stereocenters. The van der Waals surface area contributed by atoms with Crippen LogP contribution in [0, 0.1) is 0 Å². The molecule has 4 rings (SSSR count). The Morgan fingerprint density at radius 1 is 1.35 bits per heavy atom. The lowest BCUT2D eigenvalue weighted by atomic mass is 10.0. The Bertz CT molecular complexity index is 934. The number of aliphatic hydroxyl groups is 2. The van der Waals surface area contributed by atoms with Gasteiger partial charge in [0.25, 0.3) is 0 Å². The van der Waals surface area contributed by atoms with Crippen LogP contribution in [0.15, 0.2) is 24.5 Å². The van der Waals surface area contributed by atoms with Crippen LogP contribution in [0.5, 0.6) is 5.75 Å². The zero-order valence-corrected chi connectivity index (χ0v) is 15.4. The van der Waals surface area contributed by atoms with Crippen molar-refractivity contribution in [2.24, 2.45) is 0 Å². The first-order valence-electron chi connectivity index (χ1n) is 8.54. The average molecular weight is 372 g/mol. The molecule has 7 nitrogen and oxygen atoms in total. The normalized spacial score (nSPS) is 14.5. The van der Waals surface area contributed by atoms with Crippen LogP contribution in [-0.2, 0) is 6.42 Å². The van der Waals surface area contributed by atoms with Crippen molar-refractivity contribution in [3.63, 3.8) is 0 Å². The van der Waals surface area contributed by atoms with Gasteiger partial charge in [-0.1, -0.05) is 6.07 Å². The van der Waals surface area contributed by atoms with Crippen LogP contribution in [0.2, 0.25) is 0 Å². The molecule has 3 heterocycles. The predicted octanol–water partition coefficient (Wildman–Crippen LogP) is 2.61. The summed E-state index contributed by atoms with van der Waals surface area (Å²) in [6.07, 6.45) is 1.40. The maximum Gasteiger partial charge on any atom is 0.187 e. The van der Waals surface area contributed by atoms with E-state index in [0.29, 0.717) is 17.9 Å². The second-order valence-corrected chi connectivity index (χ2v) is 7.55. The third kappa shape index (κ3) is 2.90. The summed E-state index contributed by atoms with van der Waals surface area (Å²) in [7, 11) is 0. The second kappa shape index (κ2) is 6.79. The first kappa shape index (κ1) is 17.1. The van der Waals surface area contributed by atoms with Gasteiger partial charge in [0.05, 0.1) is 18.9 Å². The molecule has 26 heavy (non-hydrogen) atoms. The minimum absolute atomic E-state index is 0.203. The van der Waals surface area contributed by atoms with Gasteiger partial charge in [-0.25, -0.2) is 14.6 Å². The van der Waals surface area contributed by atoms with Gasteiger partial charge in [-0.15, -0.1) is 11.3 Å². The zero-order chi connectivity index (χ0) is 18.3. The lowest BCUT2D eigenvalue weighted by Gasteiger charge is -2.12. The molecule has 2 N–H and O–H groups in total. The molecular weight excluding hydrogens is 352 g/mol. The molecule has 1 atom stereocenters. The third-order valence-electron chi connectivity index (χ3n) is 4.36. The quantitative estimate of drug-likeness (QED) is 0.731. The van der Waals surface area contributed by atoms with Crippen molar-refractivity contribution in [1.29, 1.82) is 0 Å². The molecule has 0 amide bonds. The highest BCUT2D eigenvalue weighted by Gasteiger charge is 2.24. The van der Waals surface area contributed by atoms with Crippen molar-refractivity contribution < 1.29 is 14.9 Å². The lowest BCUT2D eigenvalue weighted by Crippen LogP contribution is -2.05. The lowest BCUT2D eigenvalue weighted by molar-refractivity contribution is 0.0954. The molecule has 1 aliphatic rings. The molecule has 0 spiro atoms. The fourth-order valence-electron chi connectivity index (χ4n) is 3.03. The van der Waals surface area contributed by atoms with Crippen molar-refractivity contribution in [2.75, 3.05) is 13.2 Å². The van der Waals surface area contributed by atoms with E-state index < -0.39 is 6.10 Å². The summed E-state index contributed by atoms with van der Waals surface area (Å²) < 4.78 is 7.73. The van der Waals surface area contributed by atoms with Crippen molar-refractivity contribution in [1.82, 2.24) is 19.7 Å². The van der Waals surface area contributed by atoms with Gasteiger partial charge in [-0.05, 0) is 31.5 Å². The van der Waals surface area contributed by atoms with Crippen molar-refractivity contribution >= 4 is 11.3 Å². The molecular formula is C18H20N4O3S. The van der Waals surface area contributed by atoms with Crippen LogP contribution >= 0.6 is 11.3 Å². The van der Waals surface area contributed by atoms with E-state index in [9.17, 15) is 5.11 Å². The Morgan fingerprint density at radius 3 is 2.96 bits per heavy atom. The Morgan fingerprint density at radius 2 is 2.19 bits per heavy atom. The molecule has 0 radical (unpaired) electrons. The van der Waals surface area contributed by atoms with Crippen LogP contribution in [0.3, 0.4) is 0 Å². The first-order chi connectivity index (χ1) is 12.6. The smallest absolute Gasteiger partial charge is 0.187 e. The number of nitrogens with zero attached hydrogens (tertiary/aromatic N) is 4. The van der Waals surface area contributed by atoms with E-state index >= 15 is 0 Å². The number of ether oxygens (including phenoxy) is 1. The minimum Gasteiger partial charge on any atom is -0.492 e. The standard InChI is InChI=1S/C18H20N4O3S/c1-10(2)22-17(19-9-20-22)18-21-16-12-4-3-11(13(24)8-23)7-14(12)25-6-5-15(16)26-18/h3-4,7,9-10,13,23-24H,5-6,8H2,1-2H3. The SMILES string of the molecule is CC(C)n1ncnc1-c1nc2c(s1)CCOc1cc(C(O)CO)ccc1-2. The number of thiazole rings is 1. The van der Waals surface area contributed by atoms with E-state index in [1.165, 1.54) is 0 Å². The van der Waals surface area contributed by atoms with Gasteiger partial charge in [0.2, 0.25) is 0 Å². The number of aliphatic hydroxyl groups excluding tert-OH is 2. The fourth-order valence-corrected chi connectivity index (χ4v) is 4.07. The van der Waals surface area contributed by atoms with Gasteiger partial charge in [0.15, 0.2) is 10.8 Å². The number of fused-ring (bicyclic) bond motifs is 3. The van der Waals surface area contributed by atoms with E-state index in [4.69, 9.17) is 14.8 Å². The highest BCUT2D eigenvalue weighted by molar-refractivity contribution is 7.15. The Hall–Kier alpha value is -2.29. The van der Waals surface area contributed by atoms with E-state index in [1.54, 1.807) is 29.8 Å². The Kier molecular flexibility index (Phi) is 4.47. The highest BCUT2D eigenvalue weighted by atomic mass is 32.1. The molecule has 136 valence electrons. The van der Waals surface area contributed by atoms with E-state index in [2.05, 4.69) is 23.9 Å². The van der Waals surface area contributed by atoms with Gasteiger partial charge < -0.3 is 14.9 Å². The van der Waals surface area contributed by atoms with Gasteiger partial charge in [-0.2, -0.15) is 5.10 Å². The highest BCUT2D eigenvalue weighted by Crippen LogP contribution is 2.41. The van der Waals surface area contributed by atoms with Crippen LogP contribution < -0.4 is 4.74 Å². The van der Waals surface area contributed by atoms with E-state index in [0.717, 1.165) is 33.4 Å². The zero-order valence-electron chi connectivity index (χ0n) is 14.6. The molecule has 2 aromatic heterocycles. The summed E-state index contributed by atoms with van der Waals surface area (Å²) in [5.41, 5.74) is 2.41. The number of hydrogen-bond acceptors (Lipinski definition) is 7. The second-order valence-electron chi connectivity index (χ2n) is 6.47. The summed E-state index contributed by atoms with van der Waals surface area (Å²) in [5, 5.41) is 24.2. The number of aromatic nitrogens is 4. The average Bonchev–Trinajstić information content (AvgIpc) is 3.25. The molecule has 1 aliphatic heterocycles. The van der Waals surface area contributed by atoms with E-state index in [1.807, 2.05) is 10.7 Å². The fraction of sp³-hybridized carbons (Fsp3) is 0.389. The van der Waals surface area contributed by atoms with Crippen LogP contribution in [0.4, 0.5) is 0 Å². The summed E-state index contributed by atoms with van der Waals surface area (Å²) >= 11 is 1.61. The molecule has 3 aromatic rings. The molecule has 0 fully saturated rings. The van der Waals surface area contributed by atoms with Gasteiger partial charge in [0, 0.05) is 22.9 Å². The van der Waals surface area contributed by atoms with Crippen molar-refractivity contribution in [2.45, 2.75) is 32.4 Å². The van der Waals surface area contributed by atoms with Crippen LogP contribution in [0.1, 0.15) is 36.4 Å². The maximum absolute atomic E-state index is 9.87. The minimum atomic E-state index is -0.915. The molecule has 1 aromatic carbocycles. The van der Waals surface area contributed by atoms with Crippen LogP contribution in [-0.4, -0.2) is 43.2 Å². The summed E-state index contributed by atoms with van der Waals surface area (Å²) in [4.78, 5) is 10.4. The number of hydrogen-bond donors (Lipinski definition) is 2. The molecule has 0 aliphatic carbocycles. The van der Waals surface area contributed by atoms with Crippen molar-refractivity contribution in [3.05, 3.63) is 35.0 Å². The largest absolute Gasteiger partial charge is 0.492 e. The van der Waals surface area contributed by atoms with Gasteiger partial charge in [-0.3, -0.25) is 0 Å². The Balaban J connectivity index is 1.79. The molecule has 0 saturated carbocycles. The third-order valence-corrected chi connectivity index (χ3v) is 5.47. The topological polar surface area (TPSA) is 93.3 Å². The monoisotopic (exact) mass is 372 g/mol. The molecule has 8 heteroatoms. The maximum atomic E-state index is 9.87. The predicted molar refractivity (Wildman–Crippen MR) is 98.2 cm³/mol. The van der Waals surface area contributed by atoms with Crippen molar-refractivity contribution in [3.8, 4) is 27.8 Å². The summed E-state index contributed by atoms with van der Waals surface area (Å²) in [6, 6.07) is 5.67. The molecule has 0 bridgehead atoms. The summed E-state index contributed by atoms with van der Waals surface area (Å²) in [5.74, 6) is 1.45. The van der Waals surface area contributed by atoms with Crippen LogP contribution in [0.25, 0.3) is 22.1 Å². The van der Waals surface area contributed by atoms with Gasteiger partial charge >= 0.3 is 0 Å². The molecule has 0 saturated heterocycles. The summed E-state index contributed by atoms with van der Waals surface area (Å²) in [6.45, 7) is 4.34. The Labute approximate surface area is 154 Å². The first-order valence-corrected chi connectivity index (χ1v) is 9.35. The van der Waals surface area contributed by atoms with Gasteiger partial charge in [0.1, 0.15) is 18.2 Å².